The van der Waals surface area contributed by atoms with Gasteiger partial charge in [-0.1, -0.05) is 42.0 Å². The van der Waals surface area contributed by atoms with Crippen LogP contribution in [0.15, 0.2) is 76.4 Å². The Kier molecular flexibility index (Phi) is 4.99. The lowest BCUT2D eigenvalue weighted by atomic mass is 10.1. The zero-order valence-electron chi connectivity index (χ0n) is 16.3. The SMILES string of the molecule is COc1ccc(Cn2c(=O)c3cccnc3n(Cc3ccc(C)cc3)c2=O)cc1. The first-order valence-corrected chi connectivity index (χ1v) is 9.33. The number of aryl methyl sites for hydroxylation is 1. The van der Waals surface area contributed by atoms with E-state index in [9.17, 15) is 9.59 Å². The Morgan fingerprint density at radius 2 is 1.48 bits per heavy atom. The highest BCUT2D eigenvalue weighted by Gasteiger charge is 2.14. The summed E-state index contributed by atoms with van der Waals surface area (Å²) in [5, 5.41) is 0.424. The summed E-state index contributed by atoms with van der Waals surface area (Å²) in [6, 6.07) is 18.7. The van der Waals surface area contributed by atoms with E-state index in [1.807, 2.05) is 55.5 Å². The molecular weight excluding hydrogens is 366 g/mol. The summed E-state index contributed by atoms with van der Waals surface area (Å²) < 4.78 is 8.00. The molecule has 0 saturated carbocycles. The standard InChI is InChI=1S/C23H21N3O3/c1-16-5-7-17(8-6-16)14-25-21-20(4-3-13-24-21)22(27)26(23(25)28)15-18-9-11-19(29-2)12-10-18/h3-13H,14-15H2,1-2H3. The van der Waals surface area contributed by atoms with Crippen LogP contribution in [0, 0.1) is 6.92 Å². The average Bonchev–Trinajstić information content (AvgIpc) is 2.76. The molecule has 2 aromatic carbocycles. The van der Waals surface area contributed by atoms with Crippen LogP contribution >= 0.6 is 0 Å². The molecule has 0 spiro atoms. The van der Waals surface area contributed by atoms with Crippen LogP contribution in [0.25, 0.3) is 11.0 Å². The van der Waals surface area contributed by atoms with Crippen LogP contribution in [0.1, 0.15) is 16.7 Å². The molecule has 0 unspecified atom stereocenters. The van der Waals surface area contributed by atoms with Gasteiger partial charge in [0.2, 0.25) is 0 Å². The molecule has 0 amide bonds. The molecule has 0 aliphatic carbocycles. The number of methoxy groups -OCH3 is 1. The number of ether oxygens (including phenoxy) is 1. The van der Waals surface area contributed by atoms with Gasteiger partial charge in [-0.15, -0.1) is 0 Å². The third kappa shape index (κ3) is 3.69. The molecule has 0 fully saturated rings. The molecule has 2 aromatic heterocycles. The molecule has 0 aliphatic heterocycles. The van der Waals surface area contributed by atoms with Crippen molar-refractivity contribution >= 4 is 11.0 Å². The molecule has 4 aromatic rings. The van der Waals surface area contributed by atoms with Crippen molar-refractivity contribution in [3.8, 4) is 5.75 Å². The maximum atomic E-state index is 13.3. The number of nitrogens with zero attached hydrogens (tertiary/aromatic N) is 3. The summed E-state index contributed by atoms with van der Waals surface area (Å²) in [6.45, 7) is 2.54. The van der Waals surface area contributed by atoms with Crippen LogP contribution in [0.4, 0.5) is 0 Å². The fraction of sp³-hybridized carbons (Fsp3) is 0.174. The van der Waals surface area contributed by atoms with Gasteiger partial charge in [0.1, 0.15) is 11.4 Å². The van der Waals surface area contributed by atoms with Gasteiger partial charge in [-0.25, -0.2) is 9.78 Å². The number of rotatable bonds is 5. The van der Waals surface area contributed by atoms with Crippen molar-refractivity contribution in [1.29, 1.82) is 0 Å². The van der Waals surface area contributed by atoms with E-state index >= 15 is 0 Å². The molecule has 0 atom stereocenters. The van der Waals surface area contributed by atoms with Crippen molar-refractivity contribution in [3.63, 3.8) is 0 Å². The predicted molar refractivity (Wildman–Crippen MR) is 113 cm³/mol. The Labute approximate surface area is 167 Å². The number of aromatic nitrogens is 3. The van der Waals surface area contributed by atoms with Crippen molar-refractivity contribution in [2.45, 2.75) is 20.0 Å². The minimum atomic E-state index is -0.377. The van der Waals surface area contributed by atoms with E-state index in [0.29, 0.717) is 17.6 Å². The first-order chi connectivity index (χ1) is 14.1. The van der Waals surface area contributed by atoms with Crippen molar-refractivity contribution in [3.05, 3.63) is 104 Å². The van der Waals surface area contributed by atoms with E-state index in [1.165, 1.54) is 4.57 Å². The smallest absolute Gasteiger partial charge is 0.333 e. The minimum absolute atomic E-state index is 0.181. The lowest BCUT2D eigenvalue weighted by Gasteiger charge is -2.14. The third-order valence-corrected chi connectivity index (χ3v) is 4.94. The molecule has 0 bridgehead atoms. The van der Waals surface area contributed by atoms with E-state index < -0.39 is 0 Å². The number of pyridine rings is 1. The van der Waals surface area contributed by atoms with Gasteiger partial charge in [-0.3, -0.25) is 13.9 Å². The predicted octanol–water partition coefficient (Wildman–Crippen LogP) is 2.97. The van der Waals surface area contributed by atoms with E-state index in [4.69, 9.17) is 4.74 Å². The molecule has 2 heterocycles. The molecule has 146 valence electrons. The van der Waals surface area contributed by atoms with Gasteiger partial charge in [-0.05, 0) is 42.3 Å². The molecule has 4 rings (SSSR count). The van der Waals surface area contributed by atoms with Crippen LogP contribution < -0.4 is 16.0 Å². The lowest BCUT2D eigenvalue weighted by Crippen LogP contribution is -2.40. The van der Waals surface area contributed by atoms with Crippen molar-refractivity contribution in [2.75, 3.05) is 7.11 Å². The highest BCUT2D eigenvalue weighted by Crippen LogP contribution is 2.13. The van der Waals surface area contributed by atoms with Gasteiger partial charge in [0.25, 0.3) is 5.56 Å². The van der Waals surface area contributed by atoms with Crippen molar-refractivity contribution < 1.29 is 4.74 Å². The average molecular weight is 387 g/mol. The highest BCUT2D eigenvalue weighted by molar-refractivity contribution is 5.73. The van der Waals surface area contributed by atoms with Crippen LogP contribution in [-0.4, -0.2) is 21.2 Å². The Morgan fingerprint density at radius 1 is 0.862 bits per heavy atom. The third-order valence-electron chi connectivity index (χ3n) is 4.94. The Bertz CT molecular complexity index is 1270. The molecule has 0 aliphatic rings. The summed E-state index contributed by atoms with van der Waals surface area (Å²) in [4.78, 5) is 30.6. The first kappa shape index (κ1) is 18.7. The lowest BCUT2D eigenvalue weighted by molar-refractivity contribution is 0.414. The van der Waals surface area contributed by atoms with Crippen molar-refractivity contribution in [1.82, 2.24) is 14.1 Å². The fourth-order valence-electron chi connectivity index (χ4n) is 3.32. The summed E-state index contributed by atoms with van der Waals surface area (Å²) in [6.07, 6.45) is 1.60. The topological polar surface area (TPSA) is 66.1 Å². The van der Waals surface area contributed by atoms with Crippen LogP contribution in [-0.2, 0) is 13.1 Å². The molecule has 6 heteroatoms. The summed E-state index contributed by atoms with van der Waals surface area (Å²) in [7, 11) is 1.60. The van der Waals surface area contributed by atoms with Crippen LogP contribution in [0.5, 0.6) is 5.75 Å². The monoisotopic (exact) mass is 387 g/mol. The van der Waals surface area contributed by atoms with Gasteiger partial charge in [-0.2, -0.15) is 0 Å². The van der Waals surface area contributed by atoms with Gasteiger partial charge in [0.15, 0.2) is 0 Å². The number of fused-ring (bicyclic) bond motifs is 1. The first-order valence-electron chi connectivity index (χ1n) is 9.33. The van der Waals surface area contributed by atoms with Gasteiger partial charge in [0.05, 0.1) is 25.6 Å². The molecule has 29 heavy (non-hydrogen) atoms. The molecule has 0 saturated heterocycles. The second-order valence-electron chi connectivity index (χ2n) is 6.97. The van der Waals surface area contributed by atoms with Crippen LogP contribution in [0.3, 0.4) is 0 Å². The molecular formula is C23H21N3O3. The number of benzene rings is 2. The van der Waals surface area contributed by atoms with Crippen LogP contribution in [0.2, 0.25) is 0 Å². The highest BCUT2D eigenvalue weighted by atomic mass is 16.5. The molecule has 0 radical (unpaired) electrons. The molecule has 6 nitrogen and oxygen atoms in total. The van der Waals surface area contributed by atoms with E-state index in [1.54, 1.807) is 30.0 Å². The van der Waals surface area contributed by atoms with Crippen molar-refractivity contribution in [2.24, 2.45) is 0 Å². The van der Waals surface area contributed by atoms with E-state index in [-0.39, 0.29) is 17.8 Å². The zero-order valence-corrected chi connectivity index (χ0v) is 16.3. The minimum Gasteiger partial charge on any atom is -0.497 e. The summed E-state index contributed by atoms with van der Waals surface area (Å²) in [5.74, 6) is 0.723. The second-order valence-corrected chi connectivity index (χ2v) is 6.97. The van der Waals surface area contributed by atoms with Gasteiger partial charge in [0, 0.05) is 6.20 Å². The quantitative estimate of drug-likeness (QED) is 0.528. The summed E-state index contributed by atoms with van der Waals surface area (Å²) >= 11 is 0. The zero-order chi connectivity index (χ0) is 20.4. The van der Waals surface area contributed by atoms with Gasteiger partial charge < -0.3 is 4.74 Å². The number of hydrogen-bond acceptors (Lipinski definition) is 4. The largest absolute Gasteiger partial charge is 0.497 e. The normalized spacial score (nSPS) is 11.0. The Balaban J connectivity index is 1.84. The fourth-order valence-corrected chi connectivity index (χ4v) is 3.32. The summed E-state index contributed by atoms with van der Waals surface area (Å²) in [5.41, 5.74) is 2.64. The Morgan fingerprint density at radius 3 is 2.14 bits per heavy atom. The number of hydrogen-bond donors (Lipinski definition) is 0. The van der Waals surface area contributed by atoms with E-state index in [2.05, 4.69) is 4.98 Å². The van der Waals surface area contributed by atoms with E-state index in [0.717, 1.165) is 22.4 Å². The van der Waals surface area contributed by atoms with Gasteiger partial charge >= 0.3 is 5.69 Å². The maximum absolute atomic E-state index is 13.3. The maximum Gasteiger partial charge on any atom is 0.333 e. The Hall–Kier alpha value is -3.67. The second kappa shape index (κ2) is 7.75. The molecule has 0 N–H and O–H groups in total.